The van der Waals surface area contributed by atoms with E-state index in [2.05, 4.69) is 15.3 Å². The average Bonchev–Trinajstić information content (AvgIpc) is 2.36. The van der Waals surface area contributed by atoms with Gasteiger partial charge in [0.25, 0.3) is 0 Å². The molecule has 0 saturated carbocycles. The lowest BCUT2D eigenvalue weighted by Gasteiger charge is -2.19. The van der Waals surface area contributed by atoms with Crippen LogP contribution in [0.4, 0.5) is 0 Å². The van der Waals surface area contributed by atoms with Gasteiger partial charge in [0.05, 0.1) is 26.3 Å². The summed E-state index contributed by atoms with van der Waals surface area (Å²) in [6.45, 7) is 5.89. The number of rotatable bonds is 6. The van der Waals surface area contributed by atoms with Crippen LogP contribution in [-0.2, 0) is 16.1 Å². The van der Waals surface area contributed by atoms with Gasteiger partial charge in [0.2, 0.25) is 11.8 Å². The van der Waals surface area contributed by atoms with Gasteiger partial charge < -0.3 is 19.5 Å². The minimum atomic E-state index is -0.496. The molecule has 0 unspecified atom stereocenters. The topological polar surface area (TPSA) is 82.6 Å². The van der Waals surface area contributed by atoms with Crippen LogP contribution in [0.5, 0.6) is 11.8 Å². The molecule has 1 aromatic rings. The van der Waals surface area contributed by atoms with Crippen LogP contribution in [0.3, 0.4) is 0 Å². The van der Waals surface area contributed by atoms with E-state index >= 15 is 0 Å². The summed E-state index contributed by atoms with van der Waals surface area (Å²) in [7, 11) is 3.03. The minimum Gasteiger partial charge on any atom is -0.481 e. The summed E-state index contributed by atoms with van der Waals surface area (Å²) in [5.74, 6) is 0.495. The Morgan fingerprint density at radius 1 is 1.20 bits per heavy atom. The number of aromatic nitrogens is 2. The maximum Gasteiger partial charge on any atom is 0.320 e. The fourth-order valence-corrected chi connectivity index (χ4v) is 1.55. The first kappa shape index (κ1) is 16.2. The van der Waals surface area contributed by atoms with E-state index in [-0.39, 0.29) is 12.5 Å². The van der Waals surface area contributed by atoms with Gasteiger partial charge in [-0.2, -0.15) is 0 Å². The van der Waals surface area contributed by atoms with Gasteiger partial charge in [0.15, 0.2) is 0 Å². The van der Waals surface area contributed by atoms with E-state index in [1.54, 1.807) is 0 Å². The van der Waals surface area contributed by atoms with Crippen molar-refractivity contribution in [2.24, 2.45) is 0 Å². The SMILES string of the molecule is COc1ncnc(OC)c1CNCC(=O)OC(C)(C)C. The van der Waals surface area contributed by atoms with Crippen molar-refractivity contribution in [3.05, 3.63) is 11.9 Å². The lowest BCUT2D eigenvalue weighted by Crippen LogP contribution is -2.31. The molecule has 20 heavy (non-hydrogen) atoms. The zero-order valence-corrected chi connectivity index (χ0v) is 12.5. The largest absolute Gasteiger partial charge is 0.481 e. The van der Waals surface area contributed by atoms with E-state index < -0.39 is 5.60 Å². The number of nitrogens with one attached hydrogen (secondary N) is 1. The monoisotopic (exact) mass is 283 g/mol. The molecule has 1 N–H and O–H groups in total. The second-order valence-corrected chi connectivity index (χ2v) is 5.06. The number of ether oxygens (including phenoxy) is 3. The van der Waals surface area contributed by atoms with Crippen LogP contribution < -0.4 is 14.8 Å². The van der Waals surface area contributed by atoms with Crippen molar-refractivity contribution < 1.29 is 19.0 Å². The highest BCUT2D eigenvalue weighted by Gasteiger charge is 2.17. The Morgan fingerprint density at radius 3 is 2.20 bits per heavy atom. The second-order valence-electron chi connectivity index (χ2n) is 5.06. The molecule has 0 atom stereocenters. The molecular weight excluding hydrogens is 262 g/mol. The molecule has 0 aromatic carbocycles. The summed E-state index contributed by atoms with van der Waals surface area (Å²) in [6.07, 6.45) is 1.36. The van der Waals surface area contributed by atoms with Gasteiger partial charge >= 0.3 is 5.97 Å². The Hall–Kier alpha value is -1.89. The molecule has 0 radical (unpaired) electrons. The van der Waals surface area contributed by atoms with Gasteiger partial charge in [0, 0.05) is 6.54 Å². The van der Waals surface area contributed by atoms with Crippen molar-refractivity contribution in [3.8, 4) is 11.8 Å². The van der Waals surface area contributed by atoms with Gasteiger partial charge in [-0.1, -0.05) is 0 Å². The number of hydrogen-bond acceptors (Lipinski definition) is 7. The van der Waals surface area contributed by atoms with Gasteiger partial charge in [-0.15, -0.1) is 0 Å². The molecule has 7 heteroatoms. The van der Waals surface area contributed by atoms with Crippen LogP contribution in [0.25, 0.3) is 0 Å². The highest BCUT2D eigenvalue weighted by Crippen LogP contribution is 2.22. The molecule has 112 valence electrons. The zero-order valence-electron chi connectivity index (χ0n) is 12.5. The molecule has 0 amide bonds. The molecule has 1 rings (SSSR count). The first-order valence-electron chi connectivity index (χ1n) is 6.21. The van der Waals surface area contributed by atoms with Crippen LogP contribution in [0.2, 0.25) is 0 Å². The number of methoxy groups -OCH3 is 2. The highest BCUT2D eigenvalue weighted by molar-refractivity contribution is 5.72. The Kier molecular flexibility index (Phi) is 5.69. The quantitative estimate of drug-likeness (QED) is 0.777. The van der Waals surface area contributed by atoms with Gasteiger partial charge in [-0.25, -0.2) is 9.97 Å². The molecule has 7 nitrogen and oxygen atoms in total. The Bertz CT molecular complexity index is 435. The summed E-state index contributed by atoms with van der Waals surface area (Å²) in [5, 5.41) is 2.96. The normalized spacial score (nSPS) is 11.1. The lowest BCUT2D eigenvalue weighted by atomic mass is 10.2. The van der Waals surface area contributed by atoms with Crippen LogP contribution in [-0.4, -0.2) is 42.3 Å². The average molecular weight is 283 g/mol. The molecule has 1 heterocycles. The summed E-state index contributed by atoms with van der Waals surface area (Å²) >= 11 is 0. The van der Waals surface area contributed by atoms with Crippen LogP contribution in [0.1, 0.15) is 26.3 Å². The summed E-state index contributed by atoms with van der Waals surface area (Å²) in [4.78, 5) is 19.6. The van der Waals surface area contributed by atoms with Gasteiger partial charge in [0.1, 0.15) is 11.9 Å². The van der Waals surface area contributed by atoms with E-state index in [1.165, 1.54) is 20.5 Å². The Morgan fingerprint density at radius 2 is 1.75 bits per heavy atom. The smallest absolute Gasteiger partial charge is 0.320 e. The van der Waals surface area contributed by atoms with Crippen LogP contribution in [0, 0.1) is 0 Å². The molecule has 0 bridgehead atoms. The van der Waals surface area contributed by atoms with Gasteiger partial charge in [-0.3, -0.25) is 4.79 Å². The molecular formula is C13H21N3O4. The molecule has 0 aliphatic rings. The fourth-order valence-electron chi connectivity index (χ4n) is 1.55. The molecule has 0 saturated heterocycles. The minimum absolute atomic E-state index is 0.0818. The first-order chi connectivity index (χ1) is 9.37. The van der Waals surface area contributed by atoms with Gasteiger partial charge in [-0.05, 0) is 20.8 Å². The van der Waals surface area contributed by atoms with E-state index in [0.29, 0.717) is 23.9 Å². The van der Waals surface area contributed by atoms with Crippen LogP contribution >= 0.6 is 0 Å². The van der Waals surface area contributed by atoms with E-state index in [9.17, 15) is 4.79 Å². The van der Waals surface area contributed by atoms with E-state index in [0.717, 1.165) is 0 Å². The van der Waals surface area contributed by atoms with Crippen molar-refractivity contribution in [2.75, 3.05) is 20.8 Å². The van der Waals surface area contributed by atoms with Crippen molar-refractivity contribution in [1.82, 2.24) is 15.3 Å². The number of nitrogens with zero attached hydrogens (tertiary/aromatic N) is 2. The zero-order chi connectivity index (χ0) is 15.2. The van der Waals surface area contributed by atoms with Crippen molar-refractivity contribution in [1.29, 1.82) is 0 Å². The number of hydrogen-bond donors (Lipinski definition) is 1. The summed E-state index contributed by atoms with van der Waals surface area (Å²) in [6, 6.07) is 0. The van der Waals surface area contributed by atoms with E-state index in [1.807, 2.05) is 20.8 Å². The Balaban J connectivity index is 2.60. The Labute approximate surface area is 118 Å². The first-order valence-corrected chi connectivity index (χ1v) is 6.21. The molecule has 0 spiro atoms. The number of esters is 1. The maximum absolute atomic E-state index is 11.6. The number of carbonyl (C=O) groups is 1. The highest BCUT2D eigenvalue weighted by atomic mass is 16.6. The van der Waals surface area contributed by atoms with Crippen molar-refractivity contribution >= 4 is 5.97 Å². The predicted molar refractivity (Wildman–Crippen MR) is 72.7 cm³/mol. The summed E-state index contributed by atoms with van der Waals surface area (Å²) < 4.78 is 15.5. The predicted octanol–water partition coefficient (Wildman–Crippen LogP) is 0.925. The van der Waals surface area contributed by atoms with Crippen molar-refractivity contribution in [2.45, 2.75) is 32.9 Å². The van der Waals surface area contributed by atoms with E-state index in [4.69, 9.17) is 14.2 Å². The van der Waals surface area contributed by atoms with Crippen molar-refractivity contribution in [3.63, 3.8) is 0 Å². The third kappa shape index (κ3) is 5.00. The van der Waals surface area contributed by atoms with Crippen LogP contribution in [0.15, 0.2) is 6.33 Å². The molecule has 1 aromatic heterocycles. The third-order valence-electron chi connectivity index (χ3n) is 2.24. The third-order valence-corrected chi connectivity index (χ3v) is 2.24. The molecule has 0 aliphatic heterocycles. The number of carbonyl (C=O) groups excluding carboxylic acids is 1. The molecule has 0 aliphatic carbocycles. The standard InChI is InChI=1S/C13H21N3O4/c1-13(2,3)20-10(17)7-14-6-9-11(18-4)15-8-16-12(9)19-5/h8,14H,6-7H2,1-5H3. The second kappa shape index (κ2) is 7.04. The molecule has 0 fully saturated rings. The fraction of sp³-hybridized carbons (Fsp3) is 0.615. The maximum atomic E-state index is 11.6. The summed E-state index contributed by atoms with van der Waals surface area (Å²) in [5.41, 5.74) is 0.158. The lowest BCUT2D eigenvalue weighted by molar-refractivity contribution is -0.153.